The zero-order valence-electron chi connectivity index (χ0n) is 13.7. The molecule has 1 aromatic carbocycles. The zero-order chi connectivity index (χ0) is 17.4. The highest BCUT2D eigenvalue weighted by Crippen LogP contribution is 2.28. The first-order valence-electron chi connectivity index (χ1n) is 8.07. The first-order chi connectivity index (χ1) is 11.6. The summed E-state index contributed by atoms with van der Waals surface area (Å²) in [6, 6.07) is 4.78. The number of carboxylic acids is 1. The first kappa shape index (κ1) is 18.4. The fourth-order valence-electron chi connectivity index (χ4n) is 2.47. The monoisotopic (exact) mass is 353 g/mol. The lowest BCUT2D eigenvalue weighted by Crippen LogP contribution is -2.31. The average molecular weight is 353 g/mol. The summed E-state index contributed by atoms with van der Waals surface area (Å²) in [5, 5.41) is 11.7. The molecule has 0 aliphatic carbocycles. The predicted octanol–water partition coefficient (Wildman–Crippen LogP) is 2.42. The molecule has 6 nitrogen and oxygen atoms in total. The molecule has 1 aliphatic heterocycles. The number of benzene rings is 1. The molecule has 0 unspecified atom stereocenters. The van der Waals surface area contributed by atoms with Crippen LogP contribution in [-0.2, 0) is 4.79 Å². The van der Waals surface area contributed by atoms with Crippen molar-refractivity contribution in [3.05, 3.63) is 23.8 Å². The lowest BCUT2D eigenvalue weighted by molar-refractivity contribution is -0.139. The Morgan fingerprint density at radius 1 is 1.25 bits per heavy atom. The van der Waals surface area contributed by atoms with E-state index < -0.39 is 12.6 Å². The van der Waals surface area contributed by atoms with Gasteiger partial charge in [0.25, 0.3) is 5.91 Å². The van der Waals surface area contributed by atoms with Crippen LogP contribution in [0.1, 0.15) is 30.1 Å². The molecular weight excluding hydrogens is 330 g/mol. The van der Waals surface area contributed by atoms with Gasteiger partial charge in [-0.2, -0.15) is 11.8 Å². The van der Waals surface area contributed by atoms with Crippen LogP contribution >= 0.6 is 11.8 Å². The minimum Gasteiger partial charge on any atom is -0.490 e. The quantitative estimate of drug-likeness (QED) is 0.747. The Bertz CT molecular complexity index is 572. The van der Waals surface area contributed by atoms with Gasteiger partial charge >= 0.3 is 5.97 Å². The van der Waals surface area contributed by atoms with E-state index in [4.69, 9.17) is 14.6 Å². The summed E-state index contributed by atoms with van der Waals surface area (Å²) < 4.78 is 10.6. The van der Waals surface area contributed by atoms with Gasteiger partial charge in [-0.15, -0.1) is 0 Å². The van der Waals surface area contributed by atoms with Crippen molar-refractivity contribution in [2.75, 3.05) is 31.3 Å². The van der Waals surface area contributed by atoms with Crippen molar-refractivity contribution in [3.63, 3.8) is 0 Å². The van der Waals surface area contributed by atoms with Crippen LogP contribution in [0, 0.1) is 5.92 Å². The van der Waals surface area contributed by atoms with Gasteiger partial charge in [-0.05, 0) is 55.4 Å². The molecule has 2 N–H and O–H groups in total. The second-order valence-electron chi connectivity index (χ2n) is 5.54. The van der Waals surface area contributed by atoms with Crippen LogP contribution in [0.5, 0.6) is 11.5 Å². The Labute approximate surface area is 145 Å². The van der Waals surface area contributed by atoms with Gasteiger partial charge in [0.05, 0.1) is 6.61 Å². The van der Waals surface area contributed by atoms with E-state index in [1.165, 1.54) is 0 Å². The van der Waals surface area contributed by atoms with E-state index in [1.807, 2.05) is 18.7 Å². The molecule has 24 heavy (non-hydrogen) atoms. The number of hydrogen-bond donors (Lipinski definition) is 2. The van der Waals surface area contributed by atoms with Gasteiger partial charge in [-0.25, -0.2) is 4.79 Å². The smallest absolute Gasteiger partial charge is 0.341 e. The highest BCUT2D eigenvalue weighted by molar-refractivity contribution is 7.99. The van der Waals surface area contributed by atoms with Gasteiger partial charge in [0.15, 0.2) is 18.1 Å². The third-order valence-corrected chi connectivity index (χ3v) is 4.80. The van der Waals surface area contributed by atoms with Gasteiger partial charge in [-0.1, -0.05) is 0 Å². The Kier molecular flexibility index (Phi) is 7.24. The van der Waals surface area contributed by atoms with Crippen molar-refractivity contribution >= 4 is 23.6 Å². The van der Waals surface area contributed by atoms with Crippen LogP contribution in [-0.4, -0.2) is 48.2 Å². The van der Waals surface area contributed by atoms with Crippen molar-refractivity contribution < 1.29 is 24.2 Å². The molecular formula is C17H23NO5S. The Morgan fingerprint density at radius 2 is 2.00 bits per heavy atom. The number of carbonyl (C=O) groups is 2. The molecule has 7 heteroatoms. The summed E-state index contributed by atoms with van der Waals surface area (Å²) >= 11 is 1.96. The molecule has 2 rings (SSSR count). The standard InChI is InChI=1S/C17H23NO5S/c1-2-22-15-9-13(3-4-14(15)23-11-16(19)20)17(21)18-10-12-5-7-24-8-6-12/h3-4,9,12H,2,5-8,10-11H2,1H3,(H,18,21)(H,19,20). The van der Waals surface area contributed by atoms with Crippen molar-refractivity contribution in [3.8, 4) is 11.5 Å². The van der Waals surface area contributed by atoms with Gasteiger partial charge < -0.3 is 19.9 Å². The molecule has 0 bridgehead atoms. The minimum absolute atomic E-state index is 0.154. The van der Waals surface area contributed by atoms with E-state index in [2.05, 4.69) is 5.32 Å². The summed E-state index contributed by atoms with van der Waals surface area (Å²) in [6.45, 7) is 2.44. The van der Waals surface area contributed by atoms with E-state index in [9.17, 15) is 9.59 Å². The summed E-state index contributed by atoms with van der Waals surface area (Å²) in [5.74, 6) is 2.33. The molecule has 132 valence electrons. The van der Waals surface area contributed by atoms with Gasteiger partial charge in [0.2, 0.25) is 0 Å². The van der Waals surface area contributed by atoms with Crippen LogP contribution in [0.2, 0.25) is 0 Å². The first-order valence-corrected chi connectivity index (χ1v) is 9.23. The van der Waals surface area contributed by atoms with E-state index in [0.29, 0.717) is 36.1 Å². The Balaban J connectivity index is 1.98. The van der Waals surface area contributed by atoms with Crippen molar-refractivity contribution in [1.82, 2.24) is 5.32 Å². The molecule has 1 aliphatic rings. The third kappa shape index (κ3) is 5.63. The number of thioether (sulfide) groups is 1. The third-order valence-electron chi connectivity index (χ3n) is 3.75. The lowest BCUT2D eigenvalue weighted by Gasteiger charge is -2.21. The number of carbonyl (C=O) groups excluding carboxylic acids is 1. The lowest BCUT2D eigenvalue weighted by atomic mass is 10.0. The van der Waals surface area contributed by atoms with Gasteiger partial charge in [0, 0.05) is 12.1 Å². The van der Waals surface area contributed by atoms with E-state index in [-0.39, 0.29) is 5.91 Å². The number of carboxylic acid groups (broad SMARTS) is 1. The number of rotatable bonds is 8. The van der Waals surface area contributed by atoms with Crippen molar-refractivity contribution in [2.45, 2.75) is 19.8 Å². The summed E-state index contributed by atoms with van der Waals surface area (Å²) in [6.07, 6.45) is 2.27. The topological polar surface area (TPSA) is 84.9 Å². The van der Waals surface area contributed by atoms with Crippen molar-refractivity contribution in [1.29, 1.82) is 0 Å². The summed E-state index contributed by atoms with van der Waals surface area (Å²) in [7, 11) is 0. The molecule has 0 spiro atoms. The maximum Gasteiger partial charge on any atom is 0.341 e. The minimum atomic E-state index is -1.06. The van der Waals surface area contributed by atoms with Gasteiger partial charge in [0.1, 0.15) is 0 Å². The Hall–Kier alpha value is -1.89. The second kappa shape index (κ2) is 9.42. The molecule has 1 saturated heterocycles. The zero-order valence-corrected chi connectivity index (χ0v) is 14.6. The van der Waals surface area contributed by atoms with Crippen LogP contribution in [0.25, 0.3) is 0 Å². The number of amides is 1. The van der Waals surface area contributed by atoms with E-state index >= 15 is 0 Å². The maximum absolute atomic E-state index is 12.3. The number of hydrogen-bond acceptors (Lipinski definition) is 5. The number of aliphatic carboxylic acids is 1. The molecule has 1 amide bonds. The van der Waals surface area contributed by atoms with Crippen LogP contribution in [0.3, 0.4) is 0 Å². The highest BCUT2D eigenvalue weighted by Gasteiger charge is 2.16. The summed E-state index contributed by atoms with van der Waals surface area (Å²) in [5.41, 5.74) is 0.478. The van der Waals surface area contributed by atoms with Crippen LogP contribution < -0.4 is 14.8 Å². The van der Waals surface area contributed by atoms with Crippen LogP contribution in [0.4, 0.5) is 0 Å². The molecule has 1 heterocycles. The largest absolute Gasteiger partial charge is 0.490 e. The number of nitrogens with one attached hydrogen (secondary N) is 1. The molecule has 0 aromatic heterocycles. The van der Waals surface area contributed by atoms with Crippen molar-refractivity contribution in [2.24, 2.45) is 5.92 Å². The van der Waals surface area contributed by atoms with Gasteiger partial charge in [-0.3, -0.25) is 4.79 Å². The molecule has 0 radical (unpaired) electrons. The maximum atomic E-state index is 12.3. The van der Waals surface area contributed by atoms with E-state index in [1.54, 1.807) is 18.2 Å². The fourth-order valence-corrected chi connectivity index (χ4v) is 3.67. The molecule has 0 saturated carbocycles. The van der Waals surface area contributed by atoms with E-state index in [0.717, 1.165) is 24.3 Å². The normalized spacial score (nSPS) is 14.9. The Morgan fingerprint density at radius 3 is 2.67 bits per heavy atom. The summed E-state index contributed by atoms with van der Waals surface area (Å²) in [4.78, 5) is 22.9. The second-order valence-corrected chi connectivity index (χ2v) is 6.77. The number of ether oxygens (including phenoxy) is 2. The molecule has 0 atom stereocenters. The SMILES string of the molecule is CCOc1cc(C(=O)NCC2CCSCC2)ccc1OCC(=O)O. The fraction of sp³-hybridized carbons (Fsp3) is 0.529. The highest BCUT2D eigenvalue weighted by atomic mass is 32.2. The molecule has 1 fully saturated rings. The average Bonchev–Trinajstić information content (AvgIpc) is 2.59. The predicted molar refractivity (Wildman–Crippen MR) is 93.1 cm³/mol. The molecule has 1 aromatic rings. The van der Waals surface area contributed by atoms with Crippen LogP contribution in [0.15, 0.2) is 18.2 Å².